The van der Waals surface area contributed by atoms with Gasteiger partial charge in [-0.05, 0) is 61.7 Å². The van der Waals surface area contributed by atoms with E-state index in [0.29, 0.717) is 54.8 Å². The molecule has 40 heavy (non-hydrogen) atoms. The molecule has 0 aliphatic carbocycles. The zero-order chi connectivity index (χ0) is 29.4. The number of ether oxygens (including phenoxy) is 1. The highest BCUT2D eigenvalue weighted by Crippen LogP contribution is 2.39. The number of piperidine rings is 1. The van der Waals surface area contributed by atoms with Crippen LogP contribution in [0.2, 0.25) is 10.0 Å². The van der Waals surface area contributed by atoms with E-state index in [1.807, 2.05) is 13.0 Å². The van der Waals surface area contributed by atoms with Crippen LogP contribution < -0.4 is 4.74 Å². The van der Waals surface area contributed by atoms with Crippen LogP contribution in [0.4, 0.5) is 18.0 Å². The van der Waals surface area contributed by atoms with Crippen LogP contribution in [0.15, 0.2) is 42.5 Å². The first-order valence-corrected chi connectivity index (χ1v) is 15.5. The molecule has 0 spiro atoms. The fourth-order valence-corrected chi connectivity index (χ4v) is 6.53. The van der Waals surface area contributed by atoms with Crippen molar-refractivity contribution >= 4 is 39.3 Å². The minimum Gasteiger partial charge on any atom is -0.490 e. The van der Waals surface area contributed by atoms with Crippen molar-refractivity contribution in [1.29, 1.82) is 0 Å². The van der Waals surface area contributed by atoms with Crippen LogP contribution in [-0.4, -0.2) is 80.2 Å². The van der Waals surface area contributed by atoms with Gasteiger partial charge in [0.05, 0.1) is 21.9 Å². The normalized spacial score (nSPS) is 21.6. The predicted molar refractivity (Wildman–Crippen MR) is 148 cm³/mol. The molecule has 1 unspecified atom stereocenters. The van der Waals surface area contributed by atoms with Gasteiger partial charge in [-0.2, -0.15) is 13.2 Å². The maximum absolute atomic E-state index is 13.6. The topological polar surface area (TPSA) is 70.2 Å². The summed E-state index contributed by atoms with van der Waals surface area (Å²) in [7, 11) is -1.77. The highest BCUT2D eigenvalue weighted by molar-refractivity contribution is 7.88. The number of likely N-dealkylation sites (tertiary alicyclic amines) is 2. The Kier molecular flexibility index (Phi) is 9.19. The Balaban J connectivity index is 1.50. The first kappa shape index (κ1) is 30.7. The number of nitrogens with zero attached hydrogens (tertiary/aromatic N) is 3. The molecule has 0 saturated carbocycles. The van der Waals surface area contributed by atoms with Crippen molar-refractivity contribution in [1.82, 2.24) is 14.1 Å². The molecule has 2 amide bonds. The van der Waals surface area contributed by atoms with Gasteiger partial charge in [0.25, 0.3) is 0 Å². The molecule has 0 N–H and O–H groups in total. The molecule has 2 saturated heterocycles. The van der Waals surface area contributed by atoms with Gasteiger partial charge in [0.15, 0.2) is 0 Å². The van der Waals surface area contributed by atoms with Gasteiger partial charge in [0.2, 0.25) is 10.0 Å². The van der Waals surface area contributed by atoms with Crippen molar-refractivity contribution in [2.75, 3.05) is 39.5 Å². The Morgan fingerprint density at radius 2 is 1.65 bits per heavy atom. The second kappa shape index (κ2) is 12.0. The Bertz CT molecular complexity index is 1320. The van der Waals surface area contributed by atoms with Gasteiger partial charge in [0, 0.05) is 51.1 Å². The van der Waals surface area contributed by atoms with Crippen LogP contribution in [0.3, 0.4) is 0 Å². The Morgan fingerprint density at radius 1 is 1.02 bits per heavy atom. The third-order valence-corrected chi connectivity index (χ3v) is 9.97. The van der Waals surface area contributed by atoms with E-state index in [1.165, 1.54) is 22.7 Å². The Labute approximate surface area is 242 Å². The molecule has 2 aliphatic rings. The fourth-order valence-electron chi connectivity index (χ4n) is 5.47. The average molecular weight is 623 g/mol. The number of alkyl halides is 3. The lowest BCUT2D eigenvalue weighted by Gasteiger charge is -2.37. The van der Waals surface area contributed by atoms with Crippen molar-refractivity contribution in [3.63, 3.8) is 0 Å². The first-order valence-electron chi connectivity index (χ1n) is 12.9. The van der Waals surface area contributed by atoms with Gasteiger partial charge in [-0.25, -0.2) is 17.5 Å². The molecule has 2 aliphatic heterocycles. The monoisotopic (exact) mass is 621 g/mol. The minimum atomic E-state index is -4.44. The average Bonchev–Trinajstić information content (AvgIpc) is 3.34. The van der Waals surface area contributed by atoms with Crippen molar-refractivity contribution in [2.45, 2.75) is 44.0 Å². The number of carbonyl (C=O) groups excluding carboxylic acids is 1. The summed E-state index contributed by atoms with van der Waals surface area (Å²) in [6, 6.07) is 9.57. The van der Waals surface area contributed by atoms with E-state index in [2.05, 4.69) is 0 Å². The SMILES string of the molecule is CC(Oc1ccc(C(F)(F)F)cc1)[C@@H]1CN(C(=O)N2CCC(N(C)S(C)(=O)=O)CC2)C[C@H]1c1ccc(Cl)c(Cl)c1. The van der Waals surface area contributed by atoms with E-state index in [0.717, 1.165) is 17.7 Å². The molecular weight excluding hydrogens is 590 g/mol. The van der Waals surface area contributed by atoms with E-state index in [4.69, 9.17) is 27.9 Å². The maximum atomic E-state index is 13.6. The van der Waals surface area contributed by atoms with E-state index >= 15 is 0 Å². The summed E-state index contributed by atoms with van der Waals surface area (Å²) < 4.78 is 70.2. The Hall–Kier alpha value is -2.21. The summed E-state index contributed by atoms with van der Waals surface area (Å²) in [5.41, 5.74) is 0.122. The summed E-state index contributed by atoms with van der Waals surface area (Å²) in [5.74, 6) is -0.0373. The summed E-state index contributed by atoms with van der Waals surface area (Å²) in [4.78, 5) is 17.0. The molecule has 0 radical (unpaired) electrons. The van der Waals surface area contributed by atoms with Crippen molar-refractivity contribution in [3.8, 4) is 5.75 Å². The van der Waals surface area contributed by atoms with Crippen molar-refractivity contribution in [2.24, 2.45) is 5.92 Å². The number of halogens is 5. The van der Waals surface area contributed by atoms with Crippen LogP contribution in [0.25, 0.3) is 0 Å². The second-order valence-electron chi connectivity index (χ2n) is 10.5. The quantitative estimate of drug-likeness (QED) is 0.398. The highest BCUT2D eigenvalue weighted by Gasteiger charge is 2.42. The summed E-state index contributed by atoms with van der Waals surface area (Å²) in [5, 5.41) is 0.792. The molecule has 2 aromatic carbocycles. The number of hydrogen-bond donors (Lipinski definition) is 0. The number of sulfonamides is 1. The predicted octanol–water partition coefficient (Wildman–Crippen LogP) is 5.97. The molecule has 0 aromatic heterocycles. The number of hydrogen-bond acceptors (Lipinski definition) is 4. The van der Waals surface area contributed by atoms with Gasteiger partial charge in [-0.15, -0.1) is 0 Å². The van der Waals surface area contributed by atoms with Crippen molar-refractivity contribution < 1.29 is 31.1 Å². The third kappa shape index (κ3) is 6.98. The number of urea groups is 1. The zero-order valence-electron chi connectivity index (χ0n) is 22.4. The third-order valence-electron chi connectivity index (χ3n) is 7.89. The van der Waals surface area contributed by atoms with E-state index in [-0.39, 0.29) is 23.9 Å². The molecule has 3 atom stereocenters. The standard InChI is InChI=1S/C27H32Cl2F3N3O4S/c1-17(39-21-7-5-19(6-8-21)27(30,31)32)22-15-35(16-23(22)18-4-9-24(28)25(29)14-18)26(36)34-12-10-20(11-13-34)33(2)40(3,37)38/h4-9,14,17,20,22-23H,10-13,15-16H2,1-3H3/t17?,22-,23-/m0/s1. The van der Waals surface area contributed by atoms with Gasteiger partial charge in [-0.1, -0.05) is 29.3 Å². The lowest BCUT2D eigenvalue weighted by molar-refractivity contribution is -0.137. The fraction of sp³-hybridized carbons (Fsp3) is 0.519. The number of amides is 2. The Morgan fingerprint density at radius 3 is 2.20 bits per heavy atom. The minimum absolute atomic E-state index is 0.144. The maximum Gasteiger partial charge on any atom is 0.416 e. The number of rotatable bonds is 6. The van der Waals surface area contributed by atoms with E-state index < -0.39 is 27.9 Å². The smallest absolute Gasteiger partial charge is 0.416 e. The van der Waals surface area contributed by atoms with Crippen LogP contribution in [0.5, 0.6) is 5.75 Å². The zero-order valence-corrected chi connectivity index (χ0v) is 24.7. The second-order valence-corrected chi connectivity index (χ2v) is 13.3. The van der Waals surface area contributed by atoms with Crippen LogP contribution >= 0.6 is 23.2 Å². The molecule has 2 aromatic rings. The van der Waals surface area contributed by atoms with E-state index in [9.17, 15) is 26.4 Å². The lowest BCUT2D eigenvalue weighted by atomic mass is 9.85. The van der Waals surface area contributed by atoms with Gasteiger partial charge >= 0.3 is 12.2 Å². The summed E-state index contributed by atoms with van der Waals surface area (Å²) in [6.07, 6.45) is -2.63. The summed E-state index contributed by atoms with van der Waals surface area (Å²) >= 11 is 12.4. The van der Waals surface area contributed by atoms with Crippen molar-refractivity contribution in [3.05, 3.63) is 63.6 Å². The largest absolute Gasteiger partial charge is 0.490 e. The first-order chi connectivity index (χ1) is 18.6. The highest BCUT2D eigenvalue weighted by atomic mass is 35.5. The lowest BCUT2D eigenvalue weighted by Crippen LogP contribution is -2.50. The molecule has 2 heterocycles. The molecule has 4 rings (SSSR count). The molecule has 0 bridgehead atoms. The van der Waals surface area contributed by atoms with Crippen LogP contribution in [0, 0.1) is 5.92 Å². The number of carbonyl (C=O) groups is 1. The van der Waals surface area contributed by atoms with Gasteiger partial charge in [0.1, 0.15) is 11.9 Å². The number of benzene rings is 2. The molecule has 2 fully saturated rings. The molecular formula is C27H32Cl2F3N3O4S. The van der Waals surface area contributed by atoms with Crippen LogP contribution in [-0.2, 0) is 16.2 Å². The molecule has 13 heteroatoms. The van der Waals surface area contributed by atoms with Crippen LogP contribution in [0.1, 0.15) is 36.8 Å². The molecule has 220 valence electrons. The van der Waals surface area contributed by atoms with Gasteiger partial charge < -0.3 is 14.5 Å². The van der Waals surface area contributed by atoms with Gasteiger partial charge in [-0.3, -0.25) is 0 Å². The molecule has 7 nitrogen and oxygen atoms in total. The van der Waals surface area contributed by atoms with E-state index in [1.54, 1.807) is 29.0 Å². The summed E-state index contributed by atoms with van der Waals surface area (Å²) in [6.45, 7) is 3.46.